The standard InChI is InChI=1S/C7H12F2O2/c1-4-3-11-5(2)6(10)7(4,8)9/h4-6,10H,3H2,1-2H3/t4-,5-,6?/m1/s1/i2D. The van der Waals surface area contributed by atoms with Crippen molar-refractivity contribution >= 4 is 0 Å². The third-order valence-electron chi connectivity index (χ3n) is 1.96. The van der Waals surface area contributed by atoms with Crippen LogP contribution in [0.5, 0.6) is 0 Å². The summed E-state index contributed by atoms with van der Waals surface area (Å²) in [4.78, 5) is 0. The molecule has 1 fully saturated rings. The summed E-state index contributed by atoms with van der Waals surface area (Å²) < 4.78 is 37.8. The topological polar surface area (TPSA) is 29.5 Å². The van der Waals surface area contributed by atoms with Crippen LogP contribution in [-0.2, 0) is 4.74 Å². The highest BCUT2D eigenvalue weighted by Gasteiger charge is 2.50. The van der Waals surface area contributed by atoms with Crippen molar-refractivity contribution in [3.8, 4) is 0 Å². The zero-order valence-corrected chi connectivity index (χ0v) is 6.26. The van der Waals surface area contributed by atoms with Gasteiger partial charge in [0.15, 0.2) is 0 Å². The zero-order chi connectivity index (χ0) is 9.35. The second-order valence-electron chi connectivity index (χ2n) is 2.89. The van der Waals surface area contributed by atoms with Crippen LogP contribution >= 0.6 is 0 Å². The summed E-state index contributed by atoms with van der Waals surface area (Å²) in [6.45, 7) is 0.903. The smallest absolute Gasteiger partial charge is 0.280 e. The van der Waals surface area contributed by atoms with Crippen LogP contribution < -0.4 is 0 Å². The van der Waals surface area contributed by atoms with Crippen LogP contribution in [0, 0.1) is 5.92 Å². The quantitative estimate of drug-likeness (QED) is 0.584. The average molecular weight is 167 g/mol. The Hall–Kier alpha value is -0.220. The van der Waals surface area contributed by atoms with Crippen molar-refractivity contribution in [2.75, 3.05) is 6.61 Å². The molecule has 0 bridgehead atoms. The van der Waals surface area contributed by atoms with Gasteiger partial charge in [-0.05, 0) is 6.90 Å². The highest BCUT2D eigenvalue weighted by molar-refractivity contribution is 4.89. The summed E-state index contributed by atoms with van der Waals surface area (Å²) in [5.41, 5.74) is 0. The van der Waals surface area contributed by atoms with E-state index in [1.165, 1.54) is 6.92 Å². The van der Waals surface area contributed by atoms with Crippen LogP contribution in [-0.4, -0.2) is 29.8 Å². The second kappa shape index (κ2) is 2.68. The SMILES string of the molecule is [2H]C[C@H]1OC[C@@H](C)C(F)(F)C1O. The molecule has 1 unspecified atom stereocenters. The molecule has 0 amide bonds. The minimum Gasteiger partial charge on any atom is -0.384 e. The molecular weight excluding hydrogens is 154 g/mol. The van der Waals surface area contributed by atoms with Gasteiger partial charge in [-0.3, -0.25) is 0 Å². The van der Waals surface area contributed by atoms with Gasteiger partial charge in [0.25, 0.3) is 5.92 Å². The maximum absolute atomic E-state index is 13.0. The molecule has 0 spiro atoms. The molecule has 0 aliphatic carbocycles. The van der Waals surface area contributed by atoms with Crippen molar-refractivity contribution in [1.82, 2.24) is 0 Å². The molecule has 0 aromatic heterocycles. The first-order valence-electron chi connectivity index (χ1n) is 4.17. The van der Waals surface area contributed by atoms with E-state index in [1.807, 2.05) is 0 Å². The van der Waals surface area contributed by atoms with Gasteiger partial charge in [0.2, 0.25) is 0 Å². The van der Waals surface area contributed by atoms with Crippen molar-refractivity contribution in [2.45, 2.75) is 32.0 Å². The van der Waals surface area contributed by atoms with Gasteiger partial charge < -0.3 is 9.84 Å². The Morgan fingerprint density at radius 3 is 2.91 bits per heavy atom. The molecule has 2 nitrogen and oxygen atoms in total. The minimum absolute atomic E-state index is 0.0897. The number of aliphatic hydroxyl groups is 1. The lowest BCUT2D eigenvalue weighted by atomic mass is 9.93. The van der Waals surface area contributed by atoms with Gasteiger partial charge in [-0.25, -0.2) is 8.78 Å². The fourth-order valence-corrected chi connectivity index (χ4v) is 1.01. The molecule has 4 heteroatoms. The van der Waals surface area contributed by atoms with Crippen LogP contribution in [0.25, 0.3) is 0 Å². The van der Waals surface area contributed by atoms with Gasteiger partial charge in [0.1, 0.15) is 6.10 Å². The lowest BCUT2D eigenvalue weighted by Crippen LogP contribution is -2.52. The van der Waals surface area contributed by atoms with Crippen molar-refractivity contribution in [2.24, 2.45) is 5.92 Å². The molecule has 66 valence electrons. The molecular formula is C7H12F2O2. The highest BCUT2D eigenvalue weighted by atomic mass is 19.3. The zero-order valence-electron chi connectivity index (χ0n) is 7.26. The molecule has 1 heterocycles. The molecule has 1 N–H and O–H groups in total. The van der Waals surface area contributed by atoms with Crippen LogP contribution in [0.4, 0.5) is 8.78 Å². The van der Waals surface area contributed by atoms with E-state index in [1.54, 1.807) is 0 Å². The van der Waals surface area contributed by atoms with E-state index in [4.69, 9.17) is 11.2 Å². The molecule has 1 aliphatic rings. The maximum Gasteiger partial charge on any atom is 0.280 e. The fourth-order valence-electron chi connectivity index (χ4n) is 1.01. The molecule has 0 aromatic rings. The van der Waals surface area contributed by atoms with Gasteiger partial charge >= 0.3 is 0 Å². The predicted molar refractivity (Wildman–Crippen MR) is 35.5 cm³/mol. The Balaban J connectivity index is 2.71. The first kappa shape index (κ1) is 7.43. The number of ether oxygens (including phenoxy) is 1. The maximum atomic E-state index is 13.0. The molecule has 1 rings (SSSR count). The first-order chi connectivity index (χ1) is 5.50. The third kappa shape index (κ3) is 1.37. The summed E-state index contributed by atoms with van der Waals surface area (Å²) in [5, 5.41) is 9.07. The number of hydrogen-bond donors (Lipinski definition) is 1. The molecule has 11 heavy (non-hydrogen) atoms. The van der Waals surface area contributed by atoms with E-state index < -0.39 is 24.0 Å². The fraction of sp³-hybridized carbons (Fsp3) is 1.00. The summed E-state index contributed by atoms with van der Waals surface area (Å²) in [6.07, 6.45) is -2.88. The Kier molecular flexibility index (Phi) is 1.81. The third-order valence-corrected chi connectivity index (χ3v) is 1.96. The number of hydrogen-bond acceptors (Lipinski definition) is 2. The minimum atomic E-state index is -3.12. The lowest BCUT2D eigenvalue weighted by Gasteiger charge is -2.37. The summed E-state index contributed by atoms with van der Waals surface area (Å²) in [6, 6.07) is 0. The van der Waals surface area contributed by atoms with E-state index in [9.17, 15) is 8.78 Å². The van der Waals surface area contributed by atoms with E-state index >= 15 is 0 Å². The summed E-state index contributed by atoms with van der Waals surface area (Å²) >= 11 is 0. The second-order valence-corrected chi connectivity index (χ2v) is 2.89. The van der Waals surface area contributed by atoms with Crippen LogP contribution in [0.1, 0.15) is 15.2 Å². The van der Waals surface area contributed by atoms with Crippen molar-refractivity contribution in [3.63, 3.8) is 0 Å². The Morgan fingerprint density at radius 2 is 2.36 bits per heavy atom. The van der Waals surface area contributed by atoms with E-state index in [0.29, 0.717) is 0 Å². The van der Waals surface area contributed by atoms with E-state index in [2.05, 4.69) is 0 Å². The molecule has 0 radical (unpaired) electrons. The molecule has 3 atom stereocenters. The van der Waals surface area contributed by atoms with E-state index in [-0.39, 0.29) is 13.5 Å². The van der Waals surface area contributed by atoms with Crippen molar-refractivity contribution < 1.29 is 20.0 Å². The molecule has 0 saturated carbocycles. The number of halogens is 2. The Labute approximate surface area is 65.6 Å². The number of rotatable bonds is 0. The van der Waals surface area contributed by atoms with Gasteiger partial charge in [-0.1, -0.05) is 6.92 Å². The number of alkyl halides is 2. The van der Waals surface area contributed by atoms with Crippen molar-refractivity contribution in [1.29, 1.82) is 0 Å². The van der Waals surface area contributed by atoms with Crippen LogP contribution in [0.3, 0.4) is 0 Å². The predicted octanol–water partition coefficient (Wildman–Crippen LogP) is 1.04. The summed E-state index contributed by atoms with van der Waals surface area (Å²) in [7, 11) is 0. The Bertz CT molecular complexity index is 165. The molecule has 0 aromatic carbocycles. The van der Waals surface area contributed by atoms with Gasteiger partial charge in [0.05, 0.1) is 12.7 Å². The lowest BCUT2D eigenvalue weighted by molar-refractivity contribution is -0.234. The normalized spacial score (nSPS) is 45.1. The highest BCUT2D eigenvalue weighted by Crippen LogP contribution is 2.34. The first-order valence-corrected chi connectivity index (χ1v) is 3.47. The van der Waals surface area contributed by atoms with Gasteiger partial charge in [-0.2, -0.15) is 0 Å². The Morgan fingerprint density at radius 1 is 1.73 bits per heavy atom. The average Bonchev–Trinajstić information content (AvgIpc) is 2.02. The molecule has 1 saturated heterocycles. The van der Waals surface area contributed by atoms with E-state index in [0.717, 1.165) is 0 Å². The van der Waals surface area contributed by atoms with Crippen LogP contribution in [0.15, 0.2) is 0 Å². The summed E-state index contributed by atoms with van der Waals surface area (Å²) in [5.74, 6) is -4.10. The monoisotopic (exact) mass is 167 g/mol. The van der Waals surface area contributed by atoms with Gasteiger partial charge in [0, 0.05) is 7.29 Å². The number of aliphatic hydroxyl groups excluding tert-OH is 1. The van der Waals surface area contributed by atoms with Crippen molar-refractivity contribution in [3.05, 3.63) is 0 Å². The van der Waals surface area contributed by atoms with Crippen LogP contribution in [0.2, 0.25) is 0 Å². The molecule has 1 aliphatic heterocycles. The van der Waals surface area contributed by atoms with Gasteiger partial charge in [-0.15, -0.1) is 0 Å². The largest absolute Gasteiger partial charge is 0.384 e.